The van der Waals surface area contributed by atoms with Gasteiger partial charge in [-0.2, -0.15) is 0 Å². The Hall–Kier alpha value is -3.55. The number of fused-ring (bicyclic) bond motifs is 2. The summed E-state index contributed by atoms with van der Waals surface area (Å²) in [6.45, 7) is 4.89. The highest BCUT2D eigenvalue weighted by Crippen LogP contribution is 2.52. The first-order valence-electron chi connectivity index (χ1n) is 8.06. The number of allylic oxidation sites excluding steroid dienone is 1. The molecule has 140 valence electrons. The van der Waals surface area contributed by atoms with Crippen molar-refractivity contribution in [2.45, 2.75) is 12.3 Å². The summed E-state index contributed by atoms with van der Waals surface area (Å²) in [5, 5.41) is 2.69. The predicted octanol–water partition coefficient (Wildman–Crippen LogP) is 1.25. The Balaban J connectivity index is 2.36. The zero-order valence-corrected chi connectivity index (χ0v) is 14.8. The zero-order chi connectivity index (χ0) is 19.8. The molecule has 0 bridgehead atoms. The van der Waals surface area contributed by atoms with Gasteiger partial charge in [-0.1, -0.05) is 30.9 Å². The molecule has 0 unspecified atom stereocenters. The summed E-state index contributed by atoms with van der Waals surface area (Å²) < 4.78 is 15.4. The third kappa shape index (κ3) is 2.49. The molecule has 8 nitrogen and oxygen atoms in total. The normalized spacial score (nSPS) is 20.7. The SMILES string of the molecule is C=CCOC(=O)C1=C(C)OC(N)=C(C(=O)OC)[C@]12C(=O)Nc1ccccc12. The number of anilines is 1. The van der Waals surface area contributed by atoms with Gasteiger partial charge in [-0.25, -0.2) is 9.59 Å². The Morgan fingerprint density at radius 2 is 2.00 bits per heavy atom. The van der Waals surface area contributed by atoms with Crippen LogP contribution in [0.1, 0.15) is 12.5 Å². The number of carbonyl (C=O) groups excluding carboxylic acids is 3. The quantitative estimate of drug-likeness (QED) is 0.605. The van der Waals surface area contributed by atoms with Gasteiger partial charge in [0.25, 0.3) is 0 Å². The molecule has 0 fully saturated rings. The number of amides is 1. The molecule has 1 aromatic rings. The maximum atomic E-state index is 13.2. The zero-order valence-electron chi connectivity index (χ0n) is 14.8. The number of nitrogens with two attached hydrogens (primary N) is 1. The second kappa shape index (κ2) is 6.64. The summed E-state index contributed by atoms with van der Waals surface area (Å²) in [5.74, 6) is -2.60. The van der Waals surface area contributed by atoms with Crippen molar-refractivity contribution in [2.75, 3.05) is 19.0 Å². The first-order valence-corrected chi connectivity index (χ1v) is 8.06. The molecule has 2 aliphatic rings. The number of benzene rings is 1. The van der Waals surface area contributed by atoms with Crippen molar-refractivity contribution in [2.24, 2.45) is 5.73 Å². The summed E-state index contributed by atoms with van der Waals surface area (Å²) in [6.07, 6.45) is 1.39. The number of hydrogen-bond acceptors (Lipinski definition) is 7. The Bertz CT molecular complexity index is 930. The first-order chi connectivity index (χ1) is 12.9. The van der Waals surface area contributed by atoms with Gasteiger partial charge in [0.15, 0.2) is 0 Å². The largest absolute Gasteiger partial charge is 0.465 e. The van der Waals surface area contributed by atoms with Crippen molar-refractivity contribution >= 4 is 23.5 Å². The smallest absolute Gasteiger partial charge is 0.340 e. The Labute approximate surface area is 155 Å². The lowest BCUT2D eigenvalue weighted by atomic mass is 9.67. The van der Waals surface area contributed by atoms with Crippen molar-refractivity contribution < 1.29 is 28.6 Å². The fraction of sp³-hybridized carbons (Fsp3) is 0.211. The molecule has 27 heavy (non-hydrogen) atoms. The number of methoxy groups -OCH3 is 1. The van der Waals surface area contributed by atoms with E-state index in [4.69, 9.17) is 19.9 Å². The van der Waals surface area contributed by atoms with E-state index < -0.39 is 23.3 Å². The standard InChI is InChI=1S/C19H18N2O6/c1-4-9-26-17(23)13-10(2)27-15(20)14(16(22)25-3)19(13)11-7-5-6-8-12(11)21-18(19)24/h4-8H,1,9,20H2,2-3H3,(H,21,24)/t19-/m1/s1. The van der Waals surface area contributed by atoms with E-state index in [1.165, 1.54) is 13.0 Å². The monoisotopic (exact) mass is 370 g/mol. The molecule has 1 amide bonds. The van der Waals surface area contributed by atoms with Gasteiger partial charge in [-0.05, 0) is 13.0 Å². The Morgan fingerprint density at radius 1 is 1.30 bits per heavy atom. The second-order valence-corrected chi connectivity index (χ2v) is 5.90. The molecule has 3 N–H and O–H groups in total. The van der Waals surface area contributed by atoms with E-state index in [1.807, 2.05) is 0 Å². The average Bonchev–Trinajstić information content (AvgIpc) is 2.92. The van der Waals surface area contributed by atoms with Gasteiger partial charge in [0.1, 0.15) is 28.9 Å². The van der Waals surface area contributed by atoms with Crippen LogP contribution in [0.5, 0.6) is 0 Å². The average molecular weight is 370 g/mol. The molecule has 8 heteroatoms. The van der Waals surface area contributed by atoms with Crippen LogP contribution in [-0.2, 0) is 34.0 Å². The number of rotatable bonds is 4. The van der Waals surface area contributed by atoms with Crippen molar-refractivity contribution in [1.82, 2.24) is 0 Å². The lowest BCUT2D eigenvalue weighted by Gasteiger charge is -2.35. The lowest BCUT2D eigenvalue weighted by molar-refractivity contribution is -0.141. The van der Waals surface area contributed by atoms with Crippen LogP contribution in [0, 0.1) is 0 Å². The highest BCUT2D eigenvalue weighted by atomic mass is 16.5. The van der Waals surface area contributed by atoms with E-state index >= 15 is 0 Å². The number of carbonyl (C=O) groups is 3. The highest BCUT2D eigenvalue weighted by molar-refractivity contribution is 6.21. The van der Waals surface area contributed by atoms with Crippen molar-refractivity contribution in [3.63, 3.8) is 0 Å². The van der Waals surface area contributed by atoms with Crippen molar-refractivity contribution in [1.29, 1.82) is 0 Å². The van der Waals surface area contributed by atoms with Crippen molar-refractivity contribution in [3.05, 3.63) is 65.3 Å². The van der Waals surface area contributed by atoms with Crippen LogP contribution in [-0.4, -0.2) is 31.6 Å². The molecule has 0 aromatic heterocycles. The molecule has 1 atom stereocenters. The molecule has 2 aliphatic heterocycles. The predicted molar refractivity (Wildman–Crippen MR) is 94.9 cm³/mol. The van der Waals surface area contributed by atoms with Gasteiger partial charge in [0.05, 0.1) is 7.11 Å². The highest BCUT2D eigenvalue weighted by Gasteiger charge is 2.61. The number of hydrogen-bond donors (Lipinski definition) is 2. The van der Waals surface area contributed by atoms with E-state index in [9.17, 15) is 14.4 Å². The summed E-state index contributed by atoms with van der Waals surface area (Å²) in [7, 11) is 1.15. The minimum atomic E-state index is -1.84. The van der Waals surface area contributed by atoms with E-state index in [0.717, 1.165) is 7.11 Å². The van der Waals surface area contributed by atoms with E-state index in [2.05, 4.69) is 11.9 Å². The van der Waals surface area contributed by atoms with E-state index in [0.29, 0.717) is 11.3 Å². The van der Waals surface area contributed by atoms with Gasteiger partial charge in [-0.15, -0.1) is 0 Å². The molecule has 0 saturated heterocycles. The third-order valence-electron chi connectivity index (χ3n) is 4.46. The van der Waals surface area contributed by atoms with Crippen LogP contribution in [0.25, 0.3) is 0 Å². The number of para-hydroxylation sites is 1. The fourth-order valence-corrected chi connectivity index (χ4v) is 3.45. The van der Waals surface area contributed by atoms with Crippen LogP contribution >= 0.6 is 0 Å². The van der Waals surface area contributed by atoms with E-state index in [1.54, 1.807) is 24.3 Å². The van der Waals surface area contributed by atoms with Crippen LogP contribution in [0.4, 0.5) is 5.69 Å². The number of nitrogens with one attached hydrogen (secondary N) is 1. The molecular formula is C19H18N2O6. The summed E-state index contributed by atoms with van der Waals surface area (Å²) in [5.41, 5.74) is 4.53. The van der Waals surface area contributed by atoms with Crippen LogP contribution < -0.4 is 11.1 Å². The number of esters is 2. The van der Waals surface area contributed by atoms with Gasteiger partial charge in [0.2, 0.25) is 11.8 Å². The van der Waals surface area contributed by atoms with Gasteiger partial charge in [0, 0.05) is 11.3 Å². The lowest BCUT2D eigenvalue weighted by Crippen LogP contribution is -2.48. The van der Waals surface area contributed by atoms with Crippen molar-refractivity contribution in [3.8, 4) is 0 Å². The van der Waals surface area contributed by atoms with Crippen LogP contribution in [0.2, 0.25) is 0 Å². The van der Waals surface area contributed by atoms with Gasteiger partial charge >= 0.3 is 11.9 Å². The summed E-state index contributed by atoms with van der Waals surface area (Å²) >= 11 is 0. The van der Waals surface area contributed by atoms with E-state index in [-0.39, 0.29) is 29.4 Å². The van der Waals surface area contributed by atoms with Gasteiger partial charge < -0.3 is 25.3 Å². The molecule has 0 radical (unpaired) electrons. The number of ether oxygens (including phenoxy) is 3. The molecular weight excluding hydrogens is 352 g/mol. The topological polar surface area (TPSA) is 117 Å². The molecule has 3 rings (SSSR count). The maximum Gasteiger partial charge on any atom is 0.340 e. The molecule has 0 saturated carbocycles. The Morgan fingerprint density at radius 3 is 2.67 bits per heavy atom. The second-order valence-electron chi connectivity index (χ2n) is 5.90. The minimum Gasteiger partial charge on any atom is -0.465 e. The molecule has 2 heterocycles. The fourth-order valence-electron chi connectivity index (χ4n) is 3.45. The third-order valence-corrected chi connectivity index (χ3v) is 4.46. The first kappa shape index (κ1) is 18.2. The molecule has 1 spiro atoms. The molecule has 0 aliphatic carbocycles. The molecule has 1 aromatic carbocycles. The van der Waals surface area contributed by atoms with Crippen LogP contribution in [0.3, 0.4) is 0 Å². The summed E-state index contributed by atoms with van der Waals surface area (Å²) in [4.78, 5) is 38.6. The van der Waals surface area contributed by atoms with Gasteiger partial charge in [-0.3, -0.25) is 4.79 Å². The Kier molecular flexibility index (Phi) is 4.49. The maximum absolute atomic E-state index is 13.2. The van der Waals surface area contributed by atoms with Crippen LogP contribution in [0.15, 0.2) is 59.7 Å². The summed E-state index contributed by atoms with van der Waals surface area (Å²) in [6, 6.07) is 6.69. The minimum absolute atomic E-state index is 0.0565.